The normalized spacial score (nSPS) is 28.9. The van der Waals surface area contributed by atoms with Gasteiger partial charge in [0.05, 0.1) is 16.4 Å². The quantitative estimate of drug-likeness (QED) is 0.559. The lowest BCUT2D eigenvalue weighted by Crippen LogP contribution is -2.59. The van der Waals surface area contributed by atoms with Crippen LogP contribution in [-0.2, 0) is 11.8 Å². The summed E-state index contributed by atoms with van der Waals surface area (Å²) in [6.45, 7) is 1.07. The number of phenols is 2. The molecule has 2 bridgehead atoms. The number of para-hydroxylation sites is 1. The molecule has 1 aliphatic heterocycles. The largest absolute Gasteiger partial charge is 0.506 e. The second-order valence-electron chi connectivity index (χ2n) is 8.31. The molecule has 0 unspecified atom stereocenters. The fourth-order valence-corrected chi connectivity index (χ4v) is 6.01. The highest BCUT2D eigenvalue weighted by Gasteiger charge is 2.51. The van der Waals surface area contributed by atoms with Crippen molar-refractivity contribution in [2.24, 2.45) is 5.92 Å². The van der Waals surface area contributed by atoms with Gasteiger partial charge in [0.1, 0.15) is 5.75 Å². The maximum Gasteiger partial charge on any atom is 0.157 e. The van der Waals surface area contributed by atoms with E-state index in [2.05, 4.69) is 16.7 Å². The minimum atomic E-state index is 0.000705. The lowest BCUT2D eigenvalue weighted by molar-refractivity contribution is 0.0796. The van der Waals surface area contributed by atoms with Crippen molar-refractivity contribution >= 4 is 23.0 Å². The molecule has 4 N–H and O–H groups in total. The summed E-state index contributed by atoms with van der Waals surface area (Å²) in [5.74, 6) is 0.923. The van der Waals surface area contributed by atoms with Crippen molar-refractivity contribution in [2.75, 3.05) is 11.9 Å². The molecule has 5 rings (SSSR count). The second kappa shape index (κ2) is 6.32. The highest BCUT2D eigenvalue weighted by Crippen LogP contribution is 2.55. The summed E-state index contributed by atoms with van der Waals surface area (Å²) in [7, 11) is 0. The van der Waals surface area contributed by atoms with Gasteiger partial charge < -0.3 is 20.8 Å². The van der Waals surface area contributed by atoms with E-state index >= 15 is 0 Å². The van der Waals surface area contributed by atoms with E-state index in [0.29, 0.717) is 28.4 Å². The first kappa shape index (κ1) is 17.2. The first-order chi connectivity index (χ1) is 13.1. The molecule has 2 fully saturated rings. The SMILES string of the molecule is Oc1cc2c(cc1Nc1cccc(Cl)c1O)C[C@H]1NCC[C@@]23CCCC[C@@H]13. The maximum atomic E-state index is 10.8. The number of fused-ring (bicyclic) bond motifs is 1. The molecule has 0 amide bonds. The van der Waals surface area contributed by atoms with Crippen molar-refractivity contribution in [2.45, 2.75) is 50.0 Å². The van der Waals surface area contributed by atoms with Crippen molar-refractivity contribution in [3.63, 3.8) is 0 Å². The van der Waals surface area contributed by atoms with Crippen LogP contribution in [0.2, 0.25) is 5.02 Å². The Morgan fingerprint density at radius 1 is 1.11 bits per heavy atom. The summed E-state index contributed by atoms with van der Waals surface area (Å²) in [4.78, 5) is 0. The van der Waals surface area contributed by atoms with Gasteiger partial charge in [-0.1, -0.05) is 30.5 Å². The molecule has 0 radical (unpaired) electrons. The zero-order chi connectivity index (χ0) is 18.6. The highest BCUT2D eigenvalue weighted by atomic mass is 35.5. The summed E-state index contributed by atoms with van der Waals surface area (Å²) in [5.41, 5.74) is 4.00. The molecule has 0 spiro atoms. The predicted octanol–water partition coefficient (Wildman–Crippen LogP) is 4.84. The summed E-state index contributed by atoms with van der Waals surface area (Å²) in [6, 6.07) is 9.76. The molecule has 4 nitrogen and oxygen atoms in total. The molecule has 3 aliphatic rings. The summed E-state index contributed by atoms with van der Waals surface area (Å²) >= 11 is 6.01. The van der Waals surface area contributed by atoms with Crippen molar-refractivity contribution in [1.82, 2.24) is 5.32 Å². The van der Waals surface area contributed by atoms with Crippen LogP contribution in [0.4, 0.5) is 11.4 Å². The molecule has 2 aliphatic carbocycles. The van der Waals surface area contributed by atoms with E-state index in [4.69, 9.17) is 11.6 Å². The van der Waals surface area contributed by atoms with Gasteiger partial charge in [0.25, 0.3) is 0 Å². The Morgan fingerprint density at radius 2 is 2.00 bits per heavy atom. The first-order valence-corrected chi connectivity index (χ1v) is 10.3. The fraction of sp³-hybridized carbons (Fsp3) is 0.455. The minimum absolute atomic E-state index is 0.000705. The number of anilines is 2. The number of hydrogen-bond donors (Lipinski definition) is 4. The monoisotopic (exact) mass is 384 g/mol. The lowest BCUT2D eigenvalue weighted by Gasteiger charge is -2.56. The summed E-state index contributed by atoms with van der Waals surface area (Å²) in [5, 5.41) is 28.2. The highest BCUT2D eigenvalue weighted by molar-refractivity contribution is 6.32. The Morgan fingerprint density at radius 3 is 2.89 bits per heavy atom. The molecule has 2 aromatic carbocycles. The van der Waals surface area contributed by atoms with Crippen molar-refractivity contribution in [3.8, 4) is 11.5 Å². The number of nitrogens with one attached hydrogen (secondary N) is 2. The number of benzene rings is 2. The van der Waals surface area contributed by atoms with Crippen LogP contribution in [0, 0.1) is 5.92 Å². The van der Waals surface area contributed by atoms with Crippen molar-refractivity contribution in [1.29, 1.82) is 0 Å². The number of phenolic OH excluding ortho intramolecular Hbond substituents is 2. The van der Waals surface area contributed by atoms with Crippen LogP contribution in [0.1, 0.15) is 43.2 Å². The number of piperidine rings is 1. The van der Waals surface area contributed by atoms with Gasteiger partial charge in [-0.05, 0) is 73.5 Å². The van der Waals surface area contributed by atoms with Crippen LogP contribution in [0.5, 0.6) is 11.5 Å². The van der Waals surface area contributed by atoms with Crippen LogP contribution in [0.15, 0.2) is 30.3 Å². The molecule has 0 aromatic heterocycles. The molecular weight excluding hydrogens is 360 g/mol. The Labute approximate surface area is 164 Å². The van der Waals surface area contributed by atoms with Gasteiger partial charge in [0, 0.05) is 11.5 Å². The van der Waals surface area contributed by atoms with Crippen molar-refractivity contribution in [3.05, 3.63) is 46.5 Å². The van der Waals surface area contributed by atoms with Gasteiger partial charge in [-0.25, -0.2) is 0 Å². The molecule has 2 aromatic rings. The van der Waals surface area contributed by atoms with E-state index in [9.17, 15) is 10.2 Å². The molecule has 5 heteroatoms. The Hall–Kier alpha value is -1.91. The average molecular weight is 385 g/mol. The summed E-state index contributed by atoms with van der Waals surface area (Å²) in [6.07, 6.45) is 7.26. The minimum Gasteiger partial charge on any atom is -0.506 e. The fourth-order valence-electron chi connectivity index (χ4n) is 5.83. The molecule has 142 valence electrons. The van der Waals surface area contributed by atoms with Crippen LogP contribution in [-0.4, -0.2) is 22.8 Å². The Balaban J connectivity index is 1.57. The molecule has 27 heavy (non-hydrogen) atoms. The van der Waals surface area contributed by atoms with E-state index in [1.165, 1.54) is 36.8 Å². The molecule has 1 saturated carbocycles. The molecule has 3 atom stereocenters. The third kappa shape index (κ3) is 2.61. The lowest BCUT2D eigenvalue weighted by atomic mass is 9.53. The zero-order valence-corrected chi connectivity index (χ0v) is 16.0. The number of aromatic hydroxyl groups is 2. The van der Waals surface area contributed by atoms with Crippen LogP contribution < -0.4 is 10.6 Å². The molecule has 1 heterocycles. The standard InChI is InChI=1S/C22H25ClN2O2/c23-16-5-3-6-17(21(16)27)25-19-11-13-10-18-14-4-1-2-7-22(14,8-9-24-18)15(13)12-20(19)26/h3,5-6,11-12,14,18,24-27H,1-2,4,7-10H2/t14-,18+,22+/m0/s1. The van der Waals surface area contributed by atoms with Gasteiger partial charge in [-0.2, -0.15) is 0 Å². The van der Waals surface area contributed by atoms with E-state index in [1.54, 1.807) is 18.2 Å². The van der Waals surface area contributed by atoms with Crippen LogP contribution >= 0.6 is 11.6 Å². The van der Waals surface area contributed by atoms with Gasteiger partial charge in [0.2, 0.25) is 0 Å². The third-order valence-corrected chi connectivity index (χ3v) is 7.32. The smallest absolute Gasteiger partial charge is 0.157 e. The number of hydrogen-bond acceptors (Lipinski definition) is 4. The third-order valence-electron chi connectivity index (χ3n) is 7.02. The van der Waals surface area contributed by atoms with Gasteiger partial charge in [0.15, 0.2) is 5.75 Å². The maximum absolute atomic E-state index is 10.8. The number of halogens is 1. The van der Waals surface area contributed by atoms with Gasteiger partial charge in [-0.3, -0.25) is 0 Å². The number of rotatable bonds is 2. The Kier molecular flexibility index (Phi) is 4.03. The molecular formula is C22H25ClN2O2. The van der Waals surface area contributed by atoms with Gasteiger partial charge in [-0.15, -0.1) is 0 Å². The summed E-state index contributed by atoms with van der Waals surface area (Å²) < 4.78 is 0. The van der Waals surface area contributed by atoms with E-state index in [1.807, 2.05) is 6.07 Å². The van der Waals surface area contributed by atoms with E-state index in [-0.39, 0.29) is 16.9 Å². The Bertz CT molecular complexity index is 896. The van der Waals surface area contributed by atoms with E-state index in [0.717, 1.165) is 19.4 Å². The first-order valence-electron chi connectivity index (χ1n) is 9.93. The van der Waals surface area contributed by atoms with Crippen molar-refractivity contribution < 1.29 is 10.2 Å². The van der Waals surface area contributed by atoms with Gasteiger partial charge >= 0.3 is 0 Å². The topological polar surface area (TPSA) is 64.5 Å². The average Bonchev–Trinajstić information content (AvgIpc) is 2.67. The predicted molar refractivity (Wildman–Crippen MR) is 108 cm³/mol. The van der Waals surface area contributed by atoms with Crippen LogP contribution in [0.25, 0.3) is 0 Å². The van der Waals surface area contributed by atoms with E-state index < -0.39 is 0 Å². The van der Waals surface area contributed by atoms with Crippen LogP contribution in [0.3, 0.4) is 0 Å². The second-order valence-corrected chi connectivity index (χ2v) is 8.72. The molecule has 1 saturated heterocycles. The zero-order valence-electron chi connectivity index (χ0n) is 15.3.